The van der Waals surface area contributed by atoms with E-state index in [1.54, 1.807) is 18.2 Å². The molecule has 1 N–H and O–H groups in total. The normalized spacial score (nSPS) is 12.3. The first-order valence-corrected chi connectivity index (χ1v) is 6.65. The van der Waals surface area contributed by atoms with Gasteiger partial charge in [0.2, 0.25) is 0 Å². The van der Waals surface area contributed by atoms with E-state index in [1.165, 1.54) is 5.56 Å². The monoisotopic (exact) mass is 269 g/mol. The quantitative estimate of drug-likeness (QED) is 0.820. The standard InChI is InChI=1S/C17H19NO2/c1-18(11-14-6-3-2-4-7-14)12-16(13-19)15-8-5-9-17(20)10-15/h2-10,13,16,20H,11-12H2,1H3. The number of carbonyl (C=O) groups is 1. The summed E-state index contributed by atoms with van der Waals surface area (Å²) in [5.41, 5.74) is 2.07. The SMILES string of the molecule is CN(Cc1ccccc1)CC(C=O)c1cccc(O)c1. The first kappa shape index (κ1) is 14.3. The van der Waals surface area contributed by atoms with E-state index in [0.717, 1.165) is 18.4 Å². The molecule has 1 atom stereocenters. The van der Waals surface area contributed by atoms with E-state index in [1.807, 2.05) is 31.3 Å². The Morgan fingerprint density at radius 1 is 1.15 bits per heavy atom. The molecule has 1 unspecified atom stereocenters. The van der Waals surface area contributed by atoms with Gasteiger partial charge in [-0.05, 0) is 30.3 Å². The summed E-state index contributed by atoms with van der Waals surface area (Å²) in [6.45, 7) is 1.42. The van der Waals surface area contributed by atoms with Gasteiger partial charge in [0.15, 0.2) is 0 Å². The van der Waals surface area contributed by atoms with Crippen LogP contribution in [0.4, 0.5) is 0 Å². The number of nitrogens with zero attached hydrogens (tertiary/aromatic N) is 1. The zero-order valence-corrected chi connectivity index (χ0v) is 11.6. The lowest BCUT2D eigenvalue weighted by Gasteiger charge is -2.21. The predicted molar refractivity (Wildman–Crippen MR) is 79.7 cm³/mol. The fraction of sp³-hybridized carbons (Fsp3) is 0.235. The van der Waals surface area contributed by atoms with E-state index in [2.05, 4.69) is 17.0 Å². The second-order valence-corrected chi connectivity index (χ2v) is 5.02. The Morgan fingerprint density at radius 3 is 2.55 bits per heavy atom. The van der Waals surface area contributed by atoms with Crippen LogP contribution in [0.1, 0.15) is 17.0 Å². The van der Waals surface area contributed by atoms with Crippen molar-refractivity contribution in [3.63, 3.8) is 0 Å². The number of phenolic OH excluding ortho intramolecular Hbond substituents is 1. The van der Waals surface area contributed by atoms with Gasteiger partial charge in [0.25, 0.3) is 0 Å². The minimum absolute atomic E-state index is 0.195. The van der Waals surface area contributed by atoms with Gasteiger partial charge in [-0.25, -0.2) is 0 Å². The molecule has 2 rings (SSSR count). The van der Waals surface area contributed by atoms with Crippen molar-refractivity contribution in [1.82, 2.24) is 4.90 Å². The van der Waals surface area contributed by atoms with Crippen molar-refractivity contribution in [2.75, 3.05) is 13.6 Å². The molecule has 0 heterocycles. The molecule has 0 saturated carbocycles. The Morgan fingerprint density at radius 2 is 1.90 bits per heavy atom. The van der Waals surface area contributed by atoms with Crippen LogP contribution in [0.3, 0.4) is 0 Å². The number of hydrogen-bond acceptors (Lipinski definition) is 3. The van der Waals surface area contributed by atoms with Gasteiger partial charge >= 0.3 is 0 Å². The topological polar surface area (TPSA) is 40.5 Å². The first-order valence-electron chi connectivity index (χ1n) is 6.65. The highest BCUT2D eigenvalue weighted by Crippen LogP contribution is 2.20. The van der Waals surface area contributed by atoms with Crippen LogP contribution in [0, 0.1) is 0 Å². The first-order chi connectivity index (χ1) is 9.69. The smallest absolute Gasteiger partial charge is 0.128 e. The number of phenols is 1. The van der Waals surface area contributed by atoms with Crippen molar-refractivity contribution in [2.45, 2.75) is 12.5 Å². The van der Waals surface area contributed by atoms with Gasteiger partial charge in [0, 0.05) is 13.1 Å². The Labute approximate surface area is 119 Å². The molecule has 0 saturated heterocycles. The number of aldehydes is 1. The Bertz CT molecular complexity index is 554. The molecule has 0 bridgehead atoms. The van der Waals surface area contributed by atoms with Crippen molar-refractivity contribution in [1.29, 1.82) is 0 Å². The van der Waals surface area contributed by atoms with Crippen molar-refractivity contribution in [3.8, 4) is 5.75 Å². The molecule has 2 aromatic rings. The number of carbonyl (C=O) groups excluding carboxylic acids is 1. The molecule has 0 aromatic heterocycles. The molecule has 104 valence electrons. The summed E-state index contributed by atoms with van der Waals surface area (Å²) in [6, 6.07) is 17.0. The van der Waals surface area contributed by atoms with Crippen LogP contribution >= 0.6 is 0 Å². The molecule has 20 heavy (non-hydrogen) atoms. The summed E-state index contributed by atoms with van der Waals surface area (Å²) >= 11 is 0. The number of likely N-dealkylation sites (N-methyl/N-ethyl adjacent to an activating group) is 1. The molecule has 0 fully saturated rings. The second kappa shape index (κ2) is 6.87. The second-order valence-electron chi connectivity index (χ2n) is 5.02. The summed E-state index contributed by atoms with van der Waals surface area (Å²) in [4.78, 5) is 13.4. The van der Waals surface area contributed by atoms with E-state index in [-0.39, 0.29) is 11.7 Å². The van der Waals surface area contributed by atoms with Crippen LogP contribution in [-0.2, 0) is 11.3 Å². The number of hydrogen-bond donors (Lipinski definition) is 1. The van der Waals surface area contributed by atoms with Gasteiger partial charge in [0.1, 0.15) is 12.0 Å². The fourth-order valence-electron chi connectivity index (χ4n) is 2.28. The van der Waals surface area contributed by atoms with Crippen molar-refractivity contribution in [3.05, 3.63) is 65.7 Å². The third-order valence-electron chi connectivity index (χ3n) is 3.27. The highest BCUT2D eigenvalue weighted by atomic mass is 16.3. The van der Waals surface area contributed by atoms with E-state index in [9.17, 15) is 9.90 Å². The van der Waals surface area contributed by atoms with Crippen LogP contribution in [0.15, 0.2) is 54.6 Å². The summed E-state index contributed by atoms with van der Waals surface area (Å²) in [6.07, 6.45) is 0.941. The van der Waals surface area contributed by atoms with Crippen molar-refractivity contribution < 1.29 is 9.90 Å². The molecule has 0 aliphatic heterocycles. The summed E-state index contributed by atoms with van der Waals surface area (Å²) in [5, 5.41) is 9.50. The Hall–Kier alpha value is -2.13. The van der Waals surface area contributed by atoms with Gasteiger partial charge in [-0.2, -0.15) is 0 Å². The predicted octanol–water partition coefficient (Wildman–Crippen LogP) is 2.81. The molecule has 3 nitrogen and oxygen atoms in total. The molecule has 0 spiro atoms. The molecular weight excluding hydrogens is 250 g/mol. The highest BCUT2D eigenvalue weighted by Gasteiger charge is 2.13. The largest absolute Gasteiger partial charge is 0.508 e. The molecule has 2 aromatic carbocycles. The lowest BCUT2D eigenvalue weighted by molar-refractivity contribution is -0.109. The number of rotatable bonds is 6. The fourth-order valence-corrected chi connectivity index (χ4v) is 2.28. The van der Waals surface area contributed by atoms with E-state index < -0.39 is 0 Å². The highest BCUT2D eigenvalue weighted by molar-refractivity contribution is 5.63. The molecule has 3 heteroatoms. The van der Waals surface area contributed by atoms with Crippen molar-refractivity contribution in [2.24, 2.45) is 0 Å². The third kappa shape index (κ3) is 3.93. The average Bonchev–Trinajstić information content (AvgIpc) is 2.46. The maximum atomic E-state index is 11.3. The Balaban J connectivity index is 2.01. The van der Waals surface area contributed by atoms with Crippen LogP contribution in [0.5, 0.6) is 5.75 Å². The van der Waals surface area contributed by atoms with Gasteiger partial charge in [0.05, 0.1) is 5.92 Å². The zero-order valence-electron chi connectivity index (χ0n) is 11.6. The summed E-state index contributed by atoms with van der Waals surface area (Å²) in [5.74, 6) is -0.0316. The third-order valence-corrected chi connectivity index (χ3v) is 3.27. The van der Waals surface area contributed by atoms with Gasteiger partial charge < -0.3 is 14.8 Å². The molecular formula is C17H19NO2. The summed E-state index contributed by atoms with van der Waals surface area (Å²) in [7, 11) is 1.99. The van der Waals surface area contributed by atoms with E-state index >= 15 is 0 Å². The maximum absolute atomic E-state index is 11.3. The van der Waals surface area contributed by atoms with Crippen LogP contribution in [0.25, 0.3) is 0 Å². The Kier molecular flexibility index (Phi) is 4.91. The summed E-state index contributed by atoms with van der Waals surface area (Å²) < 4.78 is 0. The number of aromatic hydroxyl groups is 1. The van der Waals surface area contributed by atoms with Crippen LogP contribution < -0.4 is 0 Å². The average molecular weight is 269 g/mol. The van der Waals surface area contributed by atoms with E-state index in [0.29, 0.717) is 6.54 Å². The lowest BCUT2D eigenvalue weighted by Crippen LogP contribution is -2.25. The molecule has 0 aliphatic carbocycles. The van der Waals surface area contributed by atoms with Crippen LogP contribution in [-0.4, -0.2) is 29.9 Å². The lowest BCUT2D eigenvalue weighted by atomic mass is 9.99. The van der Waals surface area contributed by atoms with Gasteiger partial charge in [-0.1, -0.05) is 42.5 Å². The molecule has 0 radical (unpaired) electrons. The number of benzene rings is 2. The van der Waals surface area contributed by atoms with Crippen molar-refractivity contribution >= 4 is 6.29 Å². The molecule has 0 aliphatic rings. The zero-order chi connectivity index (χ0) is 14.4. The van der Waals surface area contributed by atoms with Crippen LogP contribution in [0.2, 0.25) is 0 Å². The minimum atomic E-state index is -0.226. The van der Waals surface area contributed by atoms with E-state index in [4.69, 9.17) is 0 Å². The van der Waals surface area contributed by atoms with Gasteiger partial charge in [-0.15, -0.1) is 0 Å². The minimum Gasteiger partial charge on any atom is -0.508 e. The molecule has 0 amide bonds. The maximum Gasteiger partial charge on any atom is 0.128 e. The van der Waals surface area contributed by atoms with Gasteiger partial charge in [-0.3, -0.25) is 0 Å².